The molecule has 2 saturated heterocycles. The number of amides is 1. The third-order valence-electron chi connectivity index (χ3n) is 7.33. The van der Waals surface area contributed by atoms with Gasteiger partial charge in [0.1, 0.15) is 12.0 Å². The lowest BCUT2D eigenvalue weighted by Crippen LogP contribution is -2.57. The van der Waals surface area contributed by atoms with E-state index in [1.807, 2.05) is 0 Å². The van der Waals surface area contributed by atoms with E-state index in [0.717, 1.165) is 19.3 Å². The molecule has 2 aliphatic heterocycles. The zero-order chi connectivity index (χ0) is 19.1. The number of piperidine rings is 1. The molecule has 28 heavy (non-hydrogen) atoms. The molecule has 1 aliphatic carbocycles. The minimum absolute atomic E-state index is 0.0727. The fraction of sp³-hybridized carbons (Fsp3) is 0.522. The summed E-state index contributed by atoms with van der Waals surface area (Å²) < 4.78 is 0. The summed E-state index contributed by atoms with van der Waals surface area (Å²) in [5.74, 6) is 0.0727. The van der Waals surface area contributed by atoms with Gasteiger partial charge in [-0.25, -0.2) is 9.97 Å². The first-order valence-electron chi connectivity index (χ1n) is 10.6. The summed E-state index contributed by atoms with van der Waals surface area (Å²) in [5, 5.41) is 3.99. The Balaban J connectivity index is 1.52. The van der Waals surface area contributed by atoms with Gasteiger partial charge in [0.15, 0.2) is 0 Å². The van der Waals surface area contributed by atoms with Gasteiger partial charge in [-0.3, -0.25) is 4.79 Å². The van der Waals surface area contributed by atoms with Gasteiger partial charge in [-0.15, -0.1) is 0 Å². The Morgan fingerprint density at radius 3 is 2.82 bits per heavy atom. The Labute approximate surface area is 166 Å². The molecule has 1 amide bonds. The van der Waals surface area contributed by atoms with Gasteiger partial charge in [-0.2, -0.15) is 0 Å². The van der Waals surface area contributed by atoms with Crippen molar-refractivity contribution in [3.63, 3.8) is 0 Å². The summed E-state index contributed by atoms with van der Waals surface area (Å²) in [7, 11) is 0. The molecule has 0 unspecified atom stereocenters. The number of benzene rings is 1. The molecule has 146 valence electrons. The van der Waals surface area contributed by atoms with Crippen LogP contribution in [0.2, 0.25) is 0 Å². The predicted molar refractivity (Wildman–Crippen MR) is 108 cm³/mol. The van der Waals surface area contributed by atoms with Crippen molar-refractivity contribution in [2.24, 2.45) is 5.41 Å². The highest BCUT2D eigenvalue weighted by atomic mass is 16.2. The van der Waals surface area contributed by atoms with Crippen LogP contribution in [0.25, 0.3) is 0 Å². The molecule has 2 bridgehead atoms. The van der Waals surface area contributed by atoms with Crippen LogP contribution < -0.4 is 5.32 Å². The van der Waals surface area contributed by atoms with Crippen LogP contribution in [0.5, 0.6) is 0 Å². The summed E-state index contributed by atoms with van der Waals surface area (Å²) in [4.78, 5) is 24.0. The molecule has 5 atom stereocenters. The second-order valence-electron chi connectivity index (χ2n) is 8.90. The summed E-state index contributed by atoms with van der Waals surface area (Å²) in [6.45, 7) is 2.40. The molecule has 1 saturated carbocycles. The molecule has 3 heterocycles. The Bertz CT molecular complexity index is 842. The fourth-order valence-electron chi connectivity index (χ4n) is 5.98. The van der Waals surface area contributed by atoms with Crippen molar-refractivity contribution in [2.75, 3.05) is 0 Å². The molecule has 0 spiro atoms. The average molecular weight is 377 g/mol. The summed E-state index contributed by atoms with van der Waals surface area (Å²) in [5.41, 5.74) is 2.00. The van der Waals surface area contributed by atoms with Crippen LogP contribution in [0, 0.1) is 5.41 Å². The molecule has 5 nitrogen and oxygen atoms in total. The quantitative estimate of drug-likeness (QED) is 0.894. The van der Waals surface area contributed by atoms with Crippen LogP contribution in [-0.2, 0) is 6.42 Å². The number of carbonyl (C=O) groups is 1. The van der Waals surface area contributed by atoms with E-state index >= 15 is 0 Å². The van der Waals surface area contributed by atoms with Gasteiger partial charge >= 0.3 is 0 Å². The average Bonchev–Trinajstić information content (AvgIpc) is 2.88. The first-order valence-corrected chi connectivity index (χ1v) is 10.6. The largest absolute Gasteiger partial charge is 0.329 e. The molecular formula is C23H28N4O. The van der Waals surface area contributed by atoms with Gasteiger partial charge in [0.2, 0.25) is 0 Å². The molecule has 5 heteroatoms. The third-order valence-corrected chi connectivity index (χ3v) is 7.33. The lowest BCUT2D eigenvalue weighted by molar-refractivity contribution is 0.0605. The van der Waals surface area contributed by atoms with Crippen LogP contribution in [0.1, 0.15) is 55.1 Å². The summed E-state index contributed by atoms with van der Waals surface area (Å²) >= 11 is 0. The number of nitrogens with one attached hydrogen (secondary N) is 1. The van der Waals surface area contributed by atoms with Gasteiger partial charge in [0, 0.05) is 35.8 Å². The van der Waals surface area contributed by atoms with Crippen LogP contribution >= 0.6 is 0 Å². The van der Waals surface area contributed by atoms with Crippen molar-refractivity contribution in [1.29, 1.82) is 0 Å². The lowest BCUT2D eigenvalue weighted by Gasteiger charge is -2.43. The lowest BCUT2D eigenvalue weighted by atomic mass is 9.70. The monoisotopic (exact) mass is 376 g/mol. The molecule has 3 aliphatic rings. The fourth-order valence-corrected chi connectivity index (χ4v) is 5.98. The maximum absolute atomic E-state index is 13.5. The molecular weight excluding hydrogens is 348 g/mol. The molecule has 0 radical (unpaired) electrons. The predicted octanol–water partition coefficient (Wildman–Crippen LogP) is 3.22. The van der Waals surface area contributed by atoms with Gasteiger partial charge in [-0.1, -0.05) is 50.1 Å². The standard InChI is InChI=1S/C23H28N4O/c1-23-14-19-18(13-16-7-3-2-4-8-16)26-20(23)9-5-6-10-21(23)27(19)22(28)17-11-12-24-15-25-17/h2-4,7-8,11-12,15,18-21,26H,5-6,9-10,13-14H2,1H3/t18-,19-,20+,21-,23+/m0/s1. The van der Waals surface area contributed by atoms with Crippen molar-refractivity contribution in [2.45, 2.75) is 69.6 Å². The number of carbonyl (C=O) groups excluding carboxylic acids is 1. The minimum Gasteiger partial charge on any atom is -0.329 e. The number of aromatic nitrogens is 2. The van der Waals surface area contributed by atoms with Crippen molar-refractivity contribution in [1.82, 2.24) is 20.2 Å². The van der Waals surface area contributed by atoms with E-state index in [1.54, 1.807) is 12.3 Å². The molecule has 5 rings (SSSR count). The maximum atomic E-state index is 13.5. The number of rotatable bonds is 3. The smallest absolute Gasteiger partial charge is 0.273 e. The minimum atomic E-state index is 0.0727. The molecule has 1 N–H and O–H groups in total. The first-order chi connectivity index (χ1) is 13.7. The molecule has 3 fully saturated rings. The van der Waals surface area contributed by atoms with Crippen molar-refractivity contribution >= 4 is 5.91 Å². The highest BCUT2D eigenvalue weighted by molar-refractivity contribution is 5.93. The SMILES string of the molecule is C[C@@]12C[C@H]3[C@H](Cc4ccccc4)N[C@@H]1CCCC[C@@H]2N3C(=O)c1ccncn1. The van der Waals surface area contributed by atoms with Gasteiger partial charge < -0.3 is 10.2 Å². The Kier molecular flexibility index (Phi) is 4.43. The van der Waals surface area contributed by atoms with Crippen LogP contribution in [0.3, 0.4) is 0 Å². The highest BCUT2D eigenvalue weighted by Crippen LogP contribution is 2.52. The Hall–Kier alpha value is -2.27. The second-order valence-corrected chi connectivity index (χ2v) is 8.90. The molecule has 2 aromatic rings. The summed E-state index contributed by atoms with van der Waals surface area (Å²) in [6, 6.07) is 13.7. The number of hydrogen-bond acceptors (Lipinski definition) is 4. The maximum Gasteiger partial charge on any atom is 0.273 e. The van der Waals surface area contributed by atoms with Gasteiger partial charge in [-0.05, 0) is 37.3 Å². The van der Waals surface area contributed by atoms with Gasteiger partial charge in [0.25, 0.3) is 5.91 Å². The van der Waals surface area contributed by atoms with E-state index in [4.69, 9.17) is 0 Å². The van der Waals surface area contributed by atoms with Crippen LogP contribution in [0.15, 0.2) is 48.9 Å². The normalized spacial score (nSPS) is 34.1. The van der Waals surface area contributed by atoms with E-state index in [0.29, 0.717) is 17.8 Å². The zero-order valence-electron chi connectivity index (χ0n) is 16.4. The topological polar surface area (TPSA) is 58.1 Å². The van der Waals surface area contributed by atoms with E-state index in [2.05, 4.69) is 57.4 Å². The van der Waals surface area contributed by atoms with Crippen molar-refractivity contribution < 1.29 is 4.79 Å². The van der Waals surface area contributed by atoms with E-state index in [9.17, 15) is 4.79 Å². The Morgan fingerprint density at radius 2 is 2.04 bits per heavy atom. The van der Waals surface area contributed by atoms with Crippen molar-refractivity contribution in [3.8, 4) is 0 Å². The van der Waals surface area contributed by atoms with Crippen molar-refractivity contribution in [3.05, 3.63) is 60.2 Å². The van der Waals surface area contributed by atoms with Crippen LogP contribution in [0.4, 0.5) is 0 Å². The number of fused-ring (bicyclic) bond motifs is 1. The second kappa shape index (κ2) is 6.96. The molecule has 1 aromatic heterocycles. The van der Waals surface area contributed by atoms with E-state index in [-0.39, 0.29) is 23.4 Å². The Morgan fingerprint density at radius 1 is 1.21 bits per heavy atom. The van der Waals surface area contributed by atoms with Crippen LogP contribution in [-0.4, -0.2) is 44.9 Å². The highest BCUT2D eigenvalue weighted by Gasteiger charge is 2.60. The number of likely N-dealkylation sites (tertiary alicyclic amines) is 1. The molecule has 1 aromatic carbocycles. The first kappa shape index (κ1) is 17.8. The summed E-state index contributed by atoms with van der Waals surface area (Å²) in [6.07, 6.45) is 9.93. The number of hydrogen-bond donors (Lipinski definition) is 1. The number of nitrogens with zero attached hydrogens (tertiary/aromatic N) is 3. The van der Waals surface area contributed by atoms with Gasteiger partial charge in [0.05, 0.1) is 0 Å². The zero-order valence-corrected chi connectivity index (χ0v) is 16.4. The third kappa shape index (κ3) is 2.84. The van der Waals surface area contributed by atoms with E-state index < -0.39 is 0 Å². The van der Waals surface area contributed by atoms with E-state index in [1.165, 1.54) is 31.2 Å².